The van der Waals surface area contributed by atoms with Crippen molar-refractivity contribution in [3.8, 4) is 84.5 Å². The Bertz CT molecular complexity index is 3880. The third-order valence-corrected chi connectivity index (χ3v) is 12.9. The number of furan rings is 1. The highest BCUT2D eigenvalue weighted by molar-refractivity contribution is 6.17. The quantitative estimate of drug-likeness (QED) is 0.152. The van der Waals surface area contributed by atoms with Crippen LogP contribution >= 0.6 is 0 Å². The molecular formula is C62H39N5O. The monoisotopic (exact) mass is 869 g/mol. The molecule has 6 heteroatoms. The summed E-state index contributed by atoms with van der Waals surface area (Å²) < 4.78 is 9.15. The summed E-state index contributed by atoms with van der Waals surface area (Å²) in [6.07, 6.45) is 1.97. The highest BCUT2D eigenvalue weighted by Crippen LogP contribution is 2.42. The van der Waals surface area contributed by atoms with Gasteiger partial charge in [0, 0.05) is 61.2 Å². The van der Waals surface area contributed by atoms with Crippen LogP contribution in [0.1, 0.15) is 0 Å². The molecule has 0 atom stereocenters. The first-order valence-electron chi connectivity index (χ1n) is 22.8. The number of pyridine rings is 1. The molecule has 68 heavy (non-hydrogen) atoms. The second-order valence-corrected chi connectivity index (χ2v) is 17.1. The van der Waals surface area contributed by atoms with E-state index in [1.54, 1.807) is 0 Å². The van der Waals surface area contributed by atoms with Gasteiger partial charge >= 0.3 is 0 Å². The van der Waals surface area contributed by atoms with Crippen LogP contribution in [0.3, 0.4) is 0 Å². The zero-order valence-electron chi connectivity index (χ0n) is 36.7. The van der Waals surface area contributed by atoms with E-state index in [-0.39, 0.29) is 0 Å². The predicted octanol–water partition coefficient (Wildman–Crippen LogP) is 15.9. The Labute approximate surface area is 392 Å². The first-order valence-corrected chi connectivity index (χ1v) is 22.8. The summed E-state index contributed by atoms with van der Waals surface area (Å²) in [5, 5.41) is 4.39. The van der Waals surface area contributed by atoms with Crippen molar-refractivity contribution < 1.29 is 4.42 Å². The fraction of sp³-hybridized carbons (Fsp3) is 0. The zero-order valence-corrected chi connectivity index (χ0v) is 36.7. The lowest BCUT2D eigenvalue weighted by Gasteiger charge is -2.15. The van der Waals surface area contributed by atoms with E-state index < -0.39 is 0 Å². The van der Waals surface area contributed by atoms with Gasteiger partial charge in [0.1, 0.15) is 11.2 Å². The minimum atomic E-state index is 0.519. The lowest BCUT2D eigenvalue weighted by atomic mass is 9.92. The highest BCUT2D eigenvalue weighted by Gasteiger charge is 2.21. The van der Waals surface area contributed by atoms with Crippen molar-refractivity contribution in [3.63, 3.8) is 0 Å². The van der Waals surface area contributed by atoms with E-state index in [1.807, 2.05) is 66.9 Å². The van der Waals surface area contributed by atoms with Gasteiger partial charge in [-0.15, -0.1) is 0 Å². The van der Waals surface area contributed by atoms with E-state index in [1.165, 1.54) is 5.39 Å². The van der Waals surface area contributed by atoms with Crippen molar-refractivity contribution in [2.24, 2.45) is 0 Å². The molecule has 13 aromatic rings. The molecular weight excluding hydrogens is 831 g/mol. The second kappa shape index (κ2) is 16.3. The standard InChI is InChI=1S/C62H39N5O/c1-6-18-40(19-7-1)45-32-46(41-20-8-2-9-21-41)34-47(33-45)48-35-54(62-65-60(42-22-10-3-11-23-42)64-61(66-62)43-24-12-4-13-25-43)59(63-39-48)44-30-31-51-53-37-56-52(38-58(53)68-57(51)36-44)50-28-16-17-29-55(50)67(56)49-26-14-5-15-27-49/h1-39H. The summed E-state index contributed by atoms with van der Waals surface area (Å²) in [6.45, 7) is 0. The molecule has 4 heterocycles. The van der Waals surface area contributed by atoms with Crippen LogP contribution in [0.15, 0.2) is 241 Å². The molecule has 0 bridgehead atoms. The molecule has 0 saturated carbocycles. The maximum atomic E-state index is 6.81. The second-order valence-electron chi connectivity index (χ2n) is 17.1. The molecule has 13 rings (SSSR count). The maximum absolute atomic E-state index is 6.81. The first-order chi connectivity index (χ1) is 33.7. The van der Waals surface area contributed by atoms with Gasteiger partial charge in [0.2, 0.25) is 0 Å². The molecule has 0 N–H and O–H groups in total. The number of benzene rings is 9. The van der Waals surface area contributed by atoms with Gasteiger partial charge in [0.25, 0.3) is 0 Å². The summed E-state index contributed by atoms with van der Waals surface area (Å²) in [5.41, 5.74) is 15.6. The summed E-state index contributed by atoms with van der Waals surface area (Å²) >= 11 is 0. The van der Waals surface area contributed by atoms with Gasteiger partial charge in [-0.25, -0.2) is 15.0 Å². The molecule has 6 nitrogen and oxygen atoms in total. The Kier molecular flexibility index (Phi) is 9.39. The molecule has 0 saturated heterocycles. The van der Waals surface area contributed by atoms with E-state index in [0.29, 0.717) is 17.5 Å². The summed E-state index contributed by atoms with van der Waals surface area (Å²) in [6, 6.07) is 80.1. The average Bonchev–Trinajstić information content (AvgIpc) is 3.95. The number of rotatable bonds is 8. The van der Waals surface area contributed by atoms with Crippen LogP contribution in [0, 0.1) is 0 Å². The number of fused-ring (bicyclic) bond motifs is 6. The number of aromatic nitrogens is 5. The van der Waals surface area contributed by atoms with Crippen LogP contribution in [0.5, 0.6) is 0 Å². The molecule has 0 aliphatic carbocycles. The van der Waals surface area contributed by atoms with E-state index in [4.69, 9.17) is 24.4 Å². The molecule has 0 aliphatic heterocycles. The third-order valence-electron chi connectivity index (χ3n) is 12.9. The smallest absolute Gasteiger partial charge is 0.166 e. The predicted molar refractivity (Wildman–Crippen MR) is 277 cm³/mol. The molecule has 0 spiro atoms. The molecule has 0 aliphatic rings. The Hall–Kier alpha value is -9.26. The Morgan fingerprint density at radius 3 is 1.44 bits per heavy atom. The van der Waals surface area contributed by atoms with Crippen molar-refractivity contribution in [2.75, 3.05) is 0 Å². The lowest BCUT2D eigenvalue weighted by Crippen LogP contribution is -2.02. The van der Waals surface area contributed by atoms with Crippen LogP contribution in [0.2, 0.25) is 0 Å². The van der Waals surface area contributed by atoms with Gasteiger partial charge < -0.3 is 8.98 Å². The van der Waals surface area contributed by atoms with E-state index >= 15 is 0 Å². The van der Waals surface area contributed by atoms with Crippen LogP contribution < -0.4 is 0 Å². The van der Waals surface area contributed by atoms with Crippen molar-refractivity contribution in [1.29, 1.82) is 0 Å². The summed E-state index contributed by atoms with van der Waals surface area (Å²) in [7, 11) is 0. The summed E-state index contributed by atoms with van der Waals surface area (Å²) in [5.74, 6) is 1.68. The van der Waals surface area contributed by atoms with Crippen LogP contribution in [-0.4, -0.2) is 24.5 Å². The van der Waals surface area contributed by atoms with Crippen molar-refractivity contribution in [1.82, 2.24) is 24.5 Å². The van der Waals surface area contributed by atoms with Gasteiger partial charge in [-0.2, -0.15) is 0 Å². The molecule has 0 radical (unpaired) electrons. The summed E-state index contributed by atoms with van der Waals surface area (Å²) in [4.78, 5) is 20.9. The SMILES string of the molecule is c1ccc(-c2cc(-c3ccccc3)cc(-c3cnc(-c4ccc5c(c4)oc4cc6c7ccccc7n(-c7ccccc7)c6cc45)c(-c4nc(-c5ccccc5)nc(-c5ccccc5)n4)c3)c2)cc1. The number of para-hydroxylation sites is 2. The maximum Gasteiger partial charge on any atom is 0.166 e. The molecule has 4 aromatic heterocycles. The Morgan fingerprint density at radius 1 is 0.309 bits per heavy atom. The van der Waals surface area contributed by atoms with Gasteiger partial charge in [-0.3, -0.25) is 4.98 Å². The third kappa shape index (κ3) is 6.91. The molecule has 9 aromatic carbocycles. The van der Waals surface area contributed by atoms with Gasteiger partial charge in [0.15, 0.2) is 17.5 Å². The minimum absolute atomic E-state index is 0.519. The van der Waals surface area contributed by atoms with E-state index in [9.17, 15) is 0 Å². The lowest BCUT2D eigenvalue weighted by molar-refractivity contribution is 0.669. The molecule has 0 amide bonds. The number of hydrogen-bond acceptors (Lipinski definition) is 5. The van der Waals surface area contributed by atoms with Gasteiger partial charge in [0.05, 0.1) is 16.7 Å². The van der Waals surface area contributed by atoms with Gasteiger partial charge in [-0.05, 0) is 94.5 Å². The van der Waals surface area contributed by atoms with E-state index in [0.717, 1.165) is 105 Å². The minimum Gasteiger partial charge on any atom is -0.456 e. The molecule has 0 fully saturated rings. The van der Waals surface area contributed by atoms with Crippen LogP contribution in [0.25, 0.3) is 128 Å². The van der Waals surface area contributed by atoms with Crippen LogP contribution in [0.4, 0.5) is 0 Å². The normalized spacial score (nSPS) is 11.5. The van der Waals surface area contributed by atoms with Crippen molar-refractivity contribution in [2.45, 2.75) is 0 Å². The topological polar surface area (TPSA) is 69.6 Å². The Balaban J connectivity index is 1.03. The average molecular weight is 870 g/mol. The zero-order chi connectivity index (χ0) is 45.0. The van der Waals surface area contributed by atoms with Crippen molar-refractivity contribution in [3.05, 3.63) is 237 Å². The number of nitrogens with zero attached hydrogens (tertiary/aromatic N) is 5. The fourth-order valence-electron chi connectivity index (χ4n) is 9.58. The molecule has 318 valence electrons. The fourth-order valence-corrected chi connectivity index (χ4v) is 9.58. The first kappa shape index (κ1) is 39.1. The van der Waals surface area contributed by atoms with Crippen LogP contribution in [-0.2, 0) is 0 Å². The Morgan fingerprint density at radius 2 is 0.824 bits per heavy atom. The molecule has 0 unspecified atom stereocenters. The number of hydrogen-bond donors (Lipinski definition) is 0. The van der Waals surface area contributed by atoms with E-state index in [2.05, 4.69) is 174 Å². The van der Waals surface area contributed by atoms with Crippen molar-refractivity contribution >= 4 is 43.7 Å². The largest absolute Gasteiger partial charge is 0.456 e. The highest BCUT2D eigenvalue weighted by atomic mass is 16.3. The van der Waals surface area contributed by atoms with Gasteiger partial charge in [-0.1, -0.05) is 164 Å².